The molecule has 0 aromatic carbocycles. The smallest absolute Gasteiger partial charge is 0.207 e. The van der Waals surface area contributed by atoms with Crippen LogP contribution in [0, 0.1) is 0 Å². The summed E-state index contributed by atoms with van der Waals surface area (Å²) < 4.78 is 11.0. The first-order chi connectivity index (χ1) is 5.41. The van der Waals surface area contributed by atoms with Crippen molar-refractivity contribution in [3.05, 3.63) is 24.3 Å². The van der Waals surface area contributed by atoms with Crippen molar-refractivity contribution < 1.29 is 9.47 Å². The molecular weight excluding hydrogens is 140 g/mol. The summed E-state index contributed by atoms with van der Waals surface area (Å²) in [6.45, 7) is 1.53. The van der Waals surface area contributed by atoms with E-state index in [1.165, 1.54) is 0 Å². The van der Waals surface area contributed by atoms with Gasteiger partial charge in [-0.3, -0.25) is 0 Å². The first kappa shape index (κ1) is 7.07. The molecule has 2 heterocycles. The first-order valence-corrected chi connectivity index (χ1v) is 4.05. The van der Waals surface area contributed by atoms with E-state index in [2.05, 4.69) is 12.2 Å². The lowest BCUT2D eigenvalue weighted by Crippen LogP contribution is -2.36. The van der Waals surface area contributed by atoms with Crippen LogP contribution in [0.3, 0.4) is 0 Å². The zero-order valence-electron chi connectivity index (χ0n) is 6.45. The fourth-order valence-corrected chi connectivity index (χ4v) is 1.36. The molecule has 0 amide bonds. The second kappa shape index (κ2) is 2.80. The molecule has 0 atom stereocenters. The summed E-state index contributed by atoms with van der Waals surface area (Å²) in [5, 5.41) is 0. The highest BCUT2D eigenvalue weighted by Crippen LogP contribution is 2.24. The van der Waals surface area contributed by atoms with E-state index in [0.29, 0.717) is 0 Å². The van der Waals surface area contributed by atoms with Crippen LogP contribution in [-0.2, 0) is 9.47 Å². The van der Waals surface area contributed by atoms with Crippen LogP contribution < -0.4 is 0 Å². The van der Waals surface area contributed by atoms with Crippen LogP contribution >= 0.6 is 0 Å². The van der Waals surface area contributed by atoms with Gasteiger partial charge in [0.2, 0.25) is 5.79 Å². The summed E-state index contributed by atoms with van der Waals surface area (Å²) in [5.41, 5.74) is 0. The predicted molar refractivity (Wildman–Crippen MR) is 42.1 cm³/mol. The third-order valence-electron chi connectivity index (χ3n) is 1.92. The lowest BCUT2D eigenvalue weighted by Gasteiger charge is -2.32. The van der Waals surface area contributed by atoms with Crippen LogP contribution in [0.25, 0.3) is 0 Å². The molecule has 2 heteroatoms. The van der Waals surface area contributed by atoms with Crippen LogP contribution in [0.4, 0.5) is 0 Å². The maximum Gasteiger partial charge on any atom is 0.207 e. The molecule has 0 saturated carbocycles. The van der Waals surface area contributed by atoms with E-state index in [1.54, 1.807) is 0 Å². The summed E-state index contributed by atoms with van der Waals surface area (Å²) >= 11 is 0. The zero-order chi connectivity index (χ0) is 7.57. The molecule has 0 fully saturated rings. The second-order valence-corrected chi connectivity index (χ2v) is 2.80. The van der Waals surface area contributed by atoms with Crippen molar-refractivity contribution in [1.29, 1.82) is 0 Å². The Labute approximate surface area is 66.5 Å². The van der Waals surface area contributed by atoms with Gasteiger partial charge in [-0.25, -0.2) is 0 Å². The van der Waals surface area contributed by atoms with Crippen molar-refractivity contribution >= 4 is 0 Å². The predicted octanol–water partition coefficient (Wildman–Crippen LogP) is 1.64. The van der Waals surface area contributed by atoms with Crippen LogP contribution in [0.2, 0.25) is 0 Å². The van der Waals surface area contributed by atoms with Gasteiger partial charge in [-0.2, -0.15) is 0 Å². The summed E-state index contributed by atoms with van der Waals surface area (Å²) in [6.07, 6.45) is 10.2. The average molecular weight is 152 g/mol. The number of hydrogen-bond donors (Lipinski definition) is 0. The van der Waals surface area contributed by atoms with Crippen LogP contribution in [0.5, 0.6) is 0 Å². The van der Waals surface area contributed by atoms with Crippen LogP contribution in [0.15, 0.2) is 24.3 Å². The van der Waals surface area contributed by atoms with Gasteiger partial charge in [0.25, 0.3) is 0 Å². The topological polar surface area (TPSA) is 18.5 Å². The Hall–Kier alpha value is -0.600. The molecule has 0 aliphatic carbocycles. The summed E-state index contributed by atoms with van der Waals surface area (Å²) in [4.78, 5) is 0. The molecule has 0 unspecified atom stereocenters. The third kappa shape index (κ3) is 1.37. The quantitative estimate of drug-likeness (QED) is 0.491. The van der Waals surface area contributed by atoms with E-state index in [-0.39, 0.29) is 0 Å². The molecule has 60 valence electrons. The van der Waals surface area contributed by atoms with Crippen molar-refractivity contribution in [3.63, 3.8) is 0 Å². The van der Waals surface area contributed by atoms with Gasteiger partial charge in [0, 0.05) is 0 Å². The molecule has 2 rings (SSSR count). The normalized spacial score (nSPS) is 27.6. The molecule has 1 spiro atoms. The van der Waals surface area contributed by atoms with Gasteiger partial charge in [-0.1, -0.05) is 12.2 Å². The average Bonchev–Trinajstić information content (AvgIpc) is 2.07. The van der Waals surface area contributed by atoms with Crippen LogP contribution in [0.1, 0.15) is 12.8 Å². The summed E-state index contributed by atoms with van der Waals surface area (Å²) in [5.74, 6) is -0.503. The molecule has 2 aliphatic rings. The maximum absolute atomic E-state index is 5.51. The Bertz CT molecular complexity index is 172. The monoisotopic (exact) mass is 152 g/mol. The Morgan fingerprint density at radius 2 is 1.45 bits per heavy atom. The maximum atomic E-state index is 5.51. The van der Waals surface area contributed by atoms with E-state index in [4.69, 9.17) is 9.47 Å². The highest BCUT2D eigenvalue weighted by molar-refractivity contribution is 5.13. The molecule has 0 bridgehead atoms. The highest BCUT2D eigenvalue weighted by atomic mass is 16.7. The Morgan fingerprint density at radius 3 is 1.82 bits per heavy atom. The fraction of sp³-hybridized carbons (Fsp3) is 0.556. The molecule has 0 N–H and O–H groups in total. The van der Waals surface area contributed by atoms with Crippen molar-refractivity contribution in [1.82, 2.24) is 0 Å². The molecule has 11 heavy (non-hydrogen) atoms. The van der Waals surface area contributed by atoms with Gasteiger partial charge in [-0.15, -0.1) is 0 Å². The number of rotatable bonds is 0. The van der Waals surface area contributed by atoms with E-state index in [9.17, 15) is 0 Å². The molecule has 0 aromatic rings. The van der Waals surface area contributed by atoms with E-state index in [0.717, 1.165) is 26.1 Å². The molecule has 0 aromatic heterocycles. The van der Waals surface area contributed by atoms with Gasteiger partial charge in [0.1, 0.15) is 0 Å². The largest absolute Gasteiger partial charge is 0.343 e. The Kier molecular flexibility index (Phi) is 1.80. The minimum absolute atomic E-state index is 0.503. The molecule has 2 nitrogen and oxygen atoms in total. The van der Waals surface area contributed by atoms with Crippen molar-refractivity contribution in [2.24, 2.45) is 0 Å². The van der Waals surface area contributed by atoms with Gasteiger partial charge in [-0.05, 0) is 25.0 Å². The Balaban J connectivity index is 2.18. The van der Waals surface area contributed by atoms with E-state index >= 15 is 0 Å². The van der Waals surface area contributed by atoms with E-state index in [1.807, 2.05) is 12.2 Å². The van der Waals surface area contributed by atoms with E-state index < -0.39 is 5.79 Å². The Morgan fingerprint density at radius 1 is 0.909 bits per heavy atom. The minimum atomic E-state index is -0.503. The molecule has 0 saturated heterocycles. The second-order valence-electron chi connectivity index (χ2n) is 2.80. The summed E-state index contributed by atoms with van der Waals surface area (Å²) in [6, 6.07) is 0. The van der Waals surface area contributed by atoms with Gasteiger partial charge < -0.3 is 9.47 Å². The lowest BCUT2D eigenvalue weighted by atomic mass is 10.1. The molecule has 2 aliphatic heterocycles. The van der Waals surface area contributed by atoms with Crippen molar-refractivity contribution in [2.45, 2.75) is 18.6 Å². The van der Waals surface area contributed by atoms with Gasteiger partial charge >= 0.3 is 0 Å². The zero-order valence-corrected chi connectivity index (χ0v) is 6.45. The number of hydrogen-bond acceptors (Lipinski definition) is 2. The number of ether oxygens (including phenoxy) is 2. The minimum Gasteiger partial charge on any atom is -0.343 e. The molecule has 0 radical (unpaired) electrons. The molecular formula is C9H12O2. The van der Waals surface area contributed by atoms with Crippen LogP contribution in [-0.4, -0.2) is 19.0 Å². The summed E-state index contributed by atoms with van der Waals surface area (Å²) in [7, 11) is 0. The highest BCUT2D eigenvalue weighted by Gasteiger charge is 2.28. The van der Waals surface area contributed by atoms with Crippen molar-refractivity contribution in [3.8, 4) is 0 Å². The van der Waals surface area contributed by atoms with Crippen molar-refractivity contribution in [2.75, 3.05) is 13.2 Å². The SMILES string of the molecule is C1=CC2(C=CCCO2)OCC1. The van der Waals surface area contributed by atoms with Gasteiger partial charge in [0.05, 0.1) is 13.2 Å². The van der Waals surface area contributed by atoms with Gasteiger partial charge in [0.15, 0.2) is 0 Å². The lowest BCUT2D eigenvalue weighted by molar-refractivity contribution is -0.179. The third-order valence-corrected chi connectivity index (χ3v) is 1.92. The fourth-order valence-electron chi connectivity index (χ4n) is 1.36. The standard InChI is InChI=1S/C9H12O2/c1-3-7-10-9(5-1)6-2-4-8-11-9/h1-2,5-6H,3-4,7-8H2. The first-order valence-electron chi connectivity index (χ1n) is 4.05.